The number of ether oxygens (including phenoxy) is 1. The fourth-order valence-corrected chi connectivity index (χ4v) is 4.71. The van der Waals surface area contributed by atoms with Crippen molar-refractivity contribution in [3.05, 3.63) is 22.8 Å². The van der Waals surface area contributed by atoms with Crippen LogP contribution in [0.5, 0.6) is 11.5 Å². The van der Waals surface area contributed by atoms with E-state index in [0.29, 0.717) is 30.3 Å². The number of phenolic OH excluding ortho intramolecular Hbond substituents is 1. The van der Waals surface area contributed by atoms with Crippen LogP contribution in [-0.2, 0) is 15.0 Å². The maximum atomic E-state index is 13.0. The van der Waals surface area contributed by atoms with Gasteiger partial charge in [-0.05, 0) is 24.3 Å². The number of phenols is 1. The number of aromatic hydroxyl groups is 1. The van der Waals surface area contributed by atoms with Crippen molar-refractivity contribution in [3.8, 4) is 11.5 Å². The zero-order valence-electron chi connectivity index (χ0n) is 15.2. The summed E-state index contributed by atoms with van der Waals surface area (Å²) < 4.78 is 5.45. The number of benzene rings is 1. The Labute approximate surface area is 152 Å². The van der Waals surface area contributed by atoms with Crippen LogP contribution in [0.15, 0.2) is 6.07 Å². The van der Waals surface area contributed by atoms with E-state index < -0.39 is 28.6 Å². The Morgan fingerprint density at radius 2 is 2.04 bits per heavy atom. The first-order valence-corrected chi connectivity index (χ1v) is 8.88. The standard InChI is InChI=1S/C20H24O6/c1-11(8-21)13-7-12(9-22)15-17(16(13)24)26-18(25)20(15)6-4-5-19(2,3)14(20)10-23/h7,9-11,14,21,24H,4-6,8H2,1-3H3. The Hall–Kier alpha value is -2.21. The molecular formula is C20H24O6. The van der Waals surface area contributed by atoms with Crippen molar-refractivity contribution >= 4 is 18.5 Å². The molecule has 2 N–H and O–H groups in total. The summed E-state index contributed by atoms with van der Waals surface area (Å²) >= 11 is 0. The summed E-state index contributed by atoms with van der Waals surface area (Å²) in [5.74, 6) is -1.97. The molecule has 1 aliphatic heterocycles. The van der Waals surface area contributed by atoms with Gasteiger partial charge in [0.25, 0.3) is 0 Å². The molecule has 6 heteroatoms. The molecule has 1 heterocycles. The normalized spacial score (nSPS) is 27.7. The molecule has 0 aromatic heterocycles. The Morgan fingerprint density at radius 1 is 1.35 bits per heavy atom. The first kappa shape index (κ1) is 18.6. The average Bonchev–Trinajstić information content (AvgIpc) is 2.88. The number of aldehydes is 2. The van der Waals surface area contributed by atoms with Crippen LogP contribution in [0.2, 0.25) is 0 Å². The van der Waals surface area contributed by atoms with Crippen molar-refractivity contribution in [2.45, 2.75) is 51.4 Å². The van der Waals surface area contributed by atoms with E-state index in [2.05, 4.69) is 0 Å². The summed E-state index contributed by atoms with van der Waals surface area (Å²) in [6.45, 7) is 5.33. The molecular weight excluding hydrogens is 336 g/mol. The van der Waals surface area contributed by atoms with Gasteiger partial charge in [-0.15, -0.1) is 0 Å². The zero-order valence-corrected chi connectivity index (χ0v) is 15.2. The summed E-state index contributed by atoms with van der Waals surface area (Å²) in [4.78, 5) is 36.8. The van der Waals surface area contributed by atoms with E-state index in [0.717, 1.165) is 12.7 Å². The van der Waals surface area contributed by atoms with Crippen LogP contribution in [0, 0.1) is 11.3 Å². The lowest BCUT2D eigenvalue weighted by atomic mass is 9.54. The summed E-state index contributed by atoms with van der Waals surface area (Å²) in [5, 5.41) is 20.1. The third-order valence-electron chi connectivity index (χ3n) is 6.15. The summed E-state index contributed by atoms with van der Waals surface area (Å²) in [6, 6.07) is 1.50. The first-order chi connectivity index (χ1) is 12.2. The van der Waals surface area contributed by atoms with Gasteiger partial charge in [0.2, 0.25) is 0 Å². The highest BCUT2D eigenvalue weighted by Gasteiger charge is 2.61. The van der Waals surface area contributed by atoms with Gasteiger partial charge in [0.1, 0.15) is 11.7 Å². The van der Waals surface area contributed by atoms with Crippen LogP contribution in [0.4, 0.5) is 0 Å². The number of hydrogen-bond donors (Lipinski definition) is 2. The molecule has 0 bridgehead atoms. The molecule has 26 heavy (non-hydrogen) atoms. The van der Waals surface area contributed by atoms with E-state index >= 15 is 0 Å². The van der Waals surface area contributed by atoms with Crippen LogP contribution < -0.4 is 4.74 Å². The SMILES string of the molecule is CC(CO)c1cc(C=O)c2c(c1O)OC(=O)C21CCCC(C)(C)C1C=O. The highest BCUT2D eigenvalue weighted by atomic mass is 16.5. The maximum absolute atomic E-state index is 13.0. The molecule has 0 saturated heterocycles. The highest BCUT2D eigenvalue weighted by molar-refractivity contribution is 5.99. The Balaban J connectivity index is 2.32. The van der Waals surface area contributed by atoms with Gasteiger partial charge in [-0.2, -0.15) is 0 Å². The van der Waals surface area contributed by atoms with Crippen molar-refractivity contribution in [2.24, 2.45) is 11.3 Å². The minimum absolute atomic E-state index is 0.0422. The van der Waals surface area contributed by atoms with Gasteiger partial charge in [0, 0.05) is 35.1 Å². The molecule has 140 valence electrons. The molecule has 0 amide bonds. The number of aliphatic hydroxyl groups is 1. The maximum Gasteiger partial charge on any atom is 0.323 e. The largest absolute Gasteiger partial charge is 0.504 e. The smallest absolute Gasteiger partial charge is 0.323 e. The molecule has 3 atom stereocenters. The molecule has 0 radical (unpaired) electrons. The number of fused-ring (bicyclic) bond motifs is 2. The molecule has 1 aromatic carbocycles. The predicted octanol–water partition coefficient (Wildman–Crippen LogP) is 2.48. The van der Waals surface area contributed by atoms with E-state index in [-0.39, 0.29) is 23.7 Å². The Kier molecular flexibility index (Phi) is 4.43. The molecule has 1 spiro atoms. The second-order valence-electron chi connectivity index (χ2n) is 8.13. The van der Waals surface area contributed by atoms with Crippen molar-refractivity contribution in [2.75, 3.05) is 6.61 Å². The van der Waals surface area contributed by atoms with Crippen LogP contribution in [0.3, 0.4) is 0 Å². The van der Waals surface area contributed by atoms with E-state index in [1.54, 1.807) is 6.92 Å². The minimum atomic E-state index is -1.26. The van der Waals surface area contributed by atoms with Crippen molar-refractivity contribution in [1.82, 2.24) is 0 Å². The summed E-state index contributed by atoms with van der Waals surface area (Å²) in [5.41, 5.74) is -0.811. The lowest BCUT2D eigenvalue weighted by Crippen LogP contribution is -2.51. The second kappa shape index (κ2) is 6.20. The van der Waals surface area contributed by atoms with Crippen LogP contribution in [0.25, 0.3) is 0 Å². The van der Waals surface area contributed by atoms with Crippen LogP contribution >= 0.6 is 0 Å². The number of carbonyl (C=O) groups is 3. The molecule has 3 rings (SSSR count). The van der Waals surface area contributed by atoms with Gasteiger partial charge in [0.15, 0.2) is 17.8 Å². The van der Waals surface area contributed by atoms with E-state index in [9.17, 15) is 24.6 Å². The van der Waals surface area contributed by atoms with Crippen molar-refractivity contribution in [3.63, 3.8) is 0 Å². The number of carbonyl (C=O) groups excluding carboxylic acids is 3. The van der Waals surface area contributed by atoms with Crippen molar-refractivity contribution in [1.29, 1.82) is 0 Å². The zero-order chi connectivity index (χ0) is 19.3. The molecule has 1 aromatic rings. The van der Waals surface area contributed by atoms with Crippen LogP contribution in [-0.4, -0.2) is 35.4 Å². The quantitative estimate of drug-likeness (QED) is 0.486. The molecule has 3 unspecified atom stereocenters. The van der Waals surface area contributed by atoms with Gasteiger partial charge in [0.05, 0.1) is 0 Å². The molecule has 1 fully saturated rings. The van der Waals surface area contributed by atoms with E-state index in [1.807, 2.05) is 13.8 Å². The van der Waals surface area contributed by atoms with Crippen LogP contribution in [0.1, 0.15) is 67.4 Å². The molecule has 2 aliphatic rings. The second-order valence-corrected chi connectivity index (χ2v) is 8.13. The third kappa shape index (κ3) is 2.31. The van der Waals surface area contributed by atoms with Gasteiger partial charge < -0.3 is 19.7 Å². The predicted molar refractivity (Wildman–Crippen MR) is 93.5 cm³/mol. The monoisotopic (exact) mass is 360 g/mol. The number of esters is 1. The topological polar surface area (TPSA) is 101 Å². The number of aliphatic hydroxyl groups excluding tert-OH is 1. The fraction of sp³-hybridized carbons (Fsp3) is 0.550. The Morgan fingerprint density at radius 3 is 2.62 bits per heavy atom. The Bertz CT molecular complexity index is 781. The third-order valence-corrected chi connectivity index (χ3v) is 6.15. The van der Waals surface area contributed by atoms with E-state index in [4.69, 9.17) is 4.74 Å². The number of rotatable bonds is 4. The molecule has 1 saturated carbocycles. The first-order valence-electron chi connectivity index (χ1n) is 8.88. The minimum Gasteiger partial charge on any atom is -0.504 e. The number of hydrogen-bond acceptors (Lipinski definition) is 6. The molecule has 6 nitrogen and oxygen atoms in total. The molecule has 1 aliphatic carbocycles. The fourth-order valence-electron chi connectivity index (χ4n) is 4.71. The summed E-state index contributed by atoms with van der Waals surface area (Å²) in [7, 11) is 0. The van der Waals surface area contributed by atoms with Crippen molar-refractivity contribution < 1.29 is 29.3 Å². The van der Waals surface area contributed by atoms with Gasteiger partial charge >= 0.3 is 5.97 Å². The highest BCUT2D eigenvalue weighted by Crippen LogP contribution is 2.60. The van der Waals surface area contributed by atoms with Gasteiger partial charge in [-0.1, -0.05) is 27.2 Å². The summed E-state index contributed by atoms with van der Waals surface area (Å²) in [6.07, 6.45) is 3.29. The van der Waals surface area contributed by atoms with Gasteiger partial charge in [-0.25, -0.2) is 0 Å². The lowest BCUT2D eigenvalue weighted by Gasteiger charge is -2.46. The van der Waals surface area contributed by atoms with Gasteiger partial charge in [-0.3, -0.25) is 9.59 Å². The van der Waals surface area contributed by atoms with E-state index in [1.165, 1.54) is 6.07 Å². The average molecular weight is 360 g/mol. The lowest BCUT2D eigenvalue weighted by molar-refractivity contribution is -0.147.